The van der Waals surface area contributed by atoms with Gasteiger partial charge >= 0.3 is 6.18 Å². The van der Waals surface area contributed by atoms with Gasteiger partial charge in [-0.1, -0.05) is 12.1 Å². The van der Waals surface area contributed by atoms with Gasteiger partial charge in [0.1, 0.15) is 5.82 Å². The van der Waals surface area contributed by atoms with E-state index in [4.69, 9.17) is 5.73 Å². The average molecular weight is 360 g/mol. The first-order chi connectivity index (χ1) is 9.86. The second kappa shape index (κ2) is 6.34. The summed E-state index contributed by atoms with van der Waals surface area (Å²) in [6.45, 7) is 0.349. The number of aromatic nitrogens is 1. The van der Waals surface area contributed by atoms with Gasteiger partial charge in [-0.15, -0.1) is 0 Å². The third-order valence-corrected chi connectivity index (χ3v) is 3.28. The number of hydrogen-bond acceptors (Lipinski definition) is 3. The Hall–Kier alpha value is -1.76. The van der Waals surface area contributed by atoms with Crippen LogP contribution in [-0.2, 0) is 12.6 Å². The van der Waals surface area contributed by atoms with Crippen LogP contribution in [0.3, 0.4) is 0 Å². The molecule has 0 aliphatic carbocycles. The molecule has 0 spiro atoms. The van der Waals surface area contributed by atoms with Gasteiger partial charge in [-0.2, -0.15) is 13.2 Å². The Morgan fingerprint density at radius 3 is 2.48 bits per heavy atom. The first-order valence-corrected chi connectivity index (χ1v) is 6.96. The number of benzene rings is 1. The maximum Gasteiger partial charge on any atom is 0.419 e. The zero-order valence-electron chi connectivity index (χ0n) is 10.9. The molecular weight excluding hydrogens is 347 g/mol. The number of anilines is 2. The van der Waals surface area contributed by atoms with E-state index >= 15 is 0 Å². The van der Waals surface area contributed by atoms with Crippen LogP contribution in [0.5, 0.6) is 0 Å². The van der Waals surface area contributed by atoms with E-state index in [1.54, 1.807) is 12.1 Å². The first-order valence-electron chi connectivity index (χ1n) is 6.17. The Morgan fingerprint density at radius 2 is 1.86 bits per heavy atom. The maximum atomic E-state index is 12.9. The van der Waals surface area contributed by atoms with Crippen molar-refractivity contribution in [3.05, 3.63) is 52.1 Å². The highest BCUT2D eigenvalue weighted by atomic mass is 79.9. The molecular formula is C14H13BrF3N3. The molecule has 0 saturated heterocycles. The molecule has 0 atom stereocenters. The van der Waals surface area contributed by atoms with Crippen LogP contribution in [0.25, 0.3) is 0 Å². The fraction of sp³-hybridized carbons (Fsp3) is 0.214. The Labute approximate surface area is 128 Å². The number of nitrogens with zero attached hydrogens (tertiary/aromatic N) is 1. The fourth-order valence-electron chi connectivity index (χ4n) is 1.81. The first kappa shape index (κ1) is 15.6. The number of halogens is 4. The van der Waals surface area contributed by atoms with Crippen molar-refractivity contribution in [2.24, 2.45) is 0 Å². The van der Waals surface area contributed by atoms with Crippen LogP contribution in [-0.4, -0.2) is 11.5 Å². The molecule has 0 aliphatic heterocycles. The highest BCUT2D eigenvalue weighted by molar-refractivity contribution is 9.10. The number of nitrogens with one attached hydrogen (secondary N) is 1. The molecule has 0 fully saturated rings. The SMILES string of the molecule is Nc1ccc(CCNc2ncc(Br)cc2C(F)(F)F)cc1. The number of alkyl halides is 3. The third-order valence-electron chi connectivity index (χ3n) is 2.85. The smallest absolute Gasteiger partial charge is 0.399 e. The molecule has 3 nitrogen and oxygen atoms in total. The molecule has 1 aromatic carbocycles. The van der Waals surface area contributed by atoms with Crippen molar-refractivity contribution in [2.75, 3.05) is 17.6 Å². The summed E-state index contributed by atoms with van der Waals surface area (Å²) in [4.78, 5) is 3.79. The van der Waals surface area contributed by atoms with Crippen molar-refractivity contribution in [2.45, 2.75) is 12.6 Å². The largest absolute Gasteiger partial charge is 0.419 e. The lowest BCUT2D eigenvalue weighted by atomic mass is 10.1. The molecule has 21 heavy (non-hydrogen) atoms. The lowest BCUT2D eigenvalue weighted by Gasteiger charge is -2.13. The predicted octanol–water partition coefficient (Wildman–Crippen LogP) is 4.10. The second-order valence-electron chi connectivity index (χ2n) is 4.47. The molecule has 1 aromatic heterocycles. The number of nitrogen functional groups attached to an aromatic ring is 1. The summed E-state index contributed by atoms with van der Waals surface area (Å²) in [6, 6.07) is 8.22. The van der Waals surface area contributed by atoms with Gasteiger partial charge in [0.15, 0.2) is 0 Å². The van der Waals surface area contributed by atoms with Crippen LogP contribution >= 0.6 is 15.9 Å². The van der Waals surface area contributed by atoms with E-state index in [0.717, 1.165) is 11.6 Å². The second-order valence-corrected chi connectivity index (χ2v) is 5.38. The molecule has 2 aromatic rings. The molecule has 0 bridgehead atoms. The summed E-state index contributed by atoms with van der Waals surface area (Å²) in [5, 5.41) is 2.73. The van der Waals surface area contributed by atoms with Crippen LogP contribution in [0, 0.1) is 0 Å². The molecule has 0 saturated carbocycles. The van der Waals surface area contributed by atoms with E-state index in [0.29, 0.717) is 23.1 Å². The van der Waals surface area contributed by atoms with Gasteiger partial charge in [0, 0.05) is 22.9 Å². The van der Waals surface area contributed by atoms with E-state index < -0.39 is 11.7 Å². The topological polar surface area (TPSA) is 50.9 Å². The van der Waals surface area contributed by atoms with Crippen molar-refractivity contribution in [3.63, 3.8) is 0 Å². The minimum atomic E-state index is -4.44. The number of pyridine rings is 1. The average Bonchev–Trinajstić information content (AvgIpc) is 2.41. The molecule has 3 N–H and O–H groups in total. The van der Waals surface area contributed by atoms with E-state index in [9.17, 15) is 13.2 Å². The Morgan fingerprint density at radius 1 is 1.19 bits per heavy atom. The molecule has 0 unspecified atom stereocenters. The highest BCUT2D eigenvalue weighted by Crippen LogP contribution is 2.35. The lowest BCUT2D eigenvalue weighted by Crippen LogP contribution is -2.14. The van der Waals surface area contributed by atoms with Crippen molar-refractivity contribution >= 4 is 27.4 Å². The summed E-state index contributed by atoms with van der Waals surface area (Å²) in [5.41, 5.74) is 6.43. The normalized spacial score (nSPS) is 11.4. The minimum absolute atomic E-state index is 0.166. The van der Waals surface area contributed by atoms with Gasteiger partial charge < -0.3 is 11.1 Å². The van der Waals surface area contributed by atoms with Crippen LogP contribution in [0.4, 0.5) is 24.7 Å². The summed E-state index contributed by atoms with van der Waals surface area (Å²) < 4.78 is 39.0. The van der Waals surface area contributed by atoms with Crippen LogP contribution in [0.2, 0.25) is 0 Å². The summed E-state index contributed by atoms with van der Waals surface area (Å²) in [7, 11) is 0. The zero-order chi connectivity index (χ0) is 15.5. The van der Waals surface area contributed by atoms with E-state index in [1.807, 2.05) is 12.1 Å². The number of hydrogen-bond donors (Lipinski definition) is 2. The van der Waals surface area contributed by atoms with Crippen molar-refractivity contribution in [1.29, 1.82) is 0 Å². The monoisotopic (exact) mass is 359 g/mol. The summed E-state index contributed by atoms with van der Waals surface area (Å²) >= 11 is 3.00. The van der Waals surface area contributed by atoms with Gasteiger partial charge in [0.05, 0.1) is 5.56 Å². The minimum Gasteiger partial charge on any atom is -0.399 e. The predicted molar refractivity (Wildman–Crippen MR) is 80.0 cm³/mol. The molecule has 7 heteroatoms. The van der Waals surface area contributed by atoms with Crippen molar-refractivity contribution < 1.29 is 13.2 Å². The zero-order valence-corrected chi connectivity index (χ0v) is 12.5. The van der Waals surface area contributed by atoms with Crippen molar-refractivity contribution in [1.82, 2.24) is 4.98 Å². The Bertz CT molecular complexity index is 612. The lowest BCUT2D eigenvalue weighted by molar-refractivity contribution is -0.137. The van der Waals surface area contributed by atoms with E-state index in [2.05, 4.69) is 26.2 Å². The Balaban J connectivity index is 2.05. The third kappa shape index (κ3) is 4.35. The van der Waals surface area contributed by atoms with Gasteiger partial charge in [0.2, 0.25) is 0 Å². The molecule has 0 radical (unpaired) electrons. The van der Waals surface area contributed by atoms with Crippen molar-refractivity contribution in [3.8, 4) is 0 Å². The van der Waals surface area contributed by atoms with E-state index in [1.165, 1.54) is 6.20 Å². The fourth-order valence-corrected chi connectivity index (χ4v) is 2.14. The standard InChI is InChI=1S/C14H13BrF3N3/c15-10-7-12(14(16,17)18)13(21-8-10)20-6-5-9-1-3-11(19)4-2-9/h1-4,7-8H,5-6,19H2,(H,20,21). The summed E-state index contributed by atoms with van der Waals surface area (Å²) in [5.74, 6) is -0.166. The van der Waals surface area contributed by atoms with Gasteiger partial charge in [-0.25, -0.2) is 4.98 Å². The van der Waals surface area contributed by atoms with Gasteiger partial charge in [-0.3, -0.25) is 0 Å². The Kier molecular flexibility index (Phi) is 4.72. The van der Waals surface area contributed by atoms with Crippen LogP contribution < -0.4 is 11.1 Å². The van der Waals surface area contributed by atoms with E-state index in [-0.39, 0.29) is 5.82 Å². The summed E-state index contributed by atoms with van der Waals surface area (Å²) in [6.07, 6.45) is -2.53. The molecule has 2 rings (SSSR count). The highest BCUT2D eigenvalue weighted by Gasteiger charge is 2.34. The number of rotatable bonds is 4. The van der Waals surface area contributed by atoms with Gasteiger partial charge in [-0.05, 0) is 46.1 Å². The van der Waals surface area contributed by atoms with Crippen LogP contribution in [0.15, 0.2) is 41.0 Å². The maximum absolute atomic E-state index is 12.9. The molecule has 0 aliphatic rings. The van der Waals surface area contributed by atoms with Gasteiger partial charge in [0.25, 0.3) is 0 Å². The quantitative estimate of drug-likeness (QED) is 0.808. The van der Waals surface area contributed by atoms with Crippen LogP contribution in [0.1, 0.15) is 11.1 Å². The molecule has 0 amide bonds. The molecule has 112 valence electrons. The number of nitrogens with two attached hydrogens (primary N) is 1. The molecule has 1 heterocycles.